The maximum Gasteiger partial charge on any atom is 0.319 e. The minimum atomic E-state index is -0.586. The second-order valence-electron chi connectivity index (χ2n) is 7.54. The molecule has 150 valence electrons. The Labute approximate surface area is 173 Å². The molecule has 1 aliphatic heterocycles. The zero-order valence-electron chi connectivity index (χ0n) is 16.3. The topological polar surface area (TPSA) is 77.8 Å². The fraction of sp³-hybridized carbons (Fsp3) is 0.409. The summed E-state index contributed by atoms with van der Waals surface area (Å²) in [4.78, 5) is 17.2. The Kier molecular flexibility index (Phi) is 5.63. The smallest absolute Gasteiger partial charge is 0.319 e. The Morgan fingerprint density at radius 1 is 1.31 bits per heavy atom. The lowest BCUT2D eigenvalue weighted by molar-refractivity contribution is 0.240. The fourth-order valence-electron chi connectivity index (χ4n) is 4.20. The van der Waals surface area contributed by atoms with Crippen molar-refractivity contribution in [3.8, 4) is 6.07 Å². The Balaban J connectivity index is 1.75. The molecule has 1 atom stereocenters. The Morgan fingerprint density at radius 3 is 2.79 bits per heavy atom. The van der Waals surface area contributed by atoms with Crippen LogP contribution in [-0.2, 0) is 0 Å². The number of allylic oxidation sites excluding steroid dienone is 1. The van der Waals surface area contributed by atoms with E-state index in [1.165, 1.54) is 44.2 Å². The second-order valence-corrected chi connectivity index (χ2v) is 8.40. The molecule has 7 heteroatoms. The summed E-state index contributed by atoms with van der Waals surface area (Å²) in [7, 11) is 0. The van der Waals surface area contributed by atoms with Crippen LogP contribution in [0.5, 0.6) is 0 Å². The van der Waals surface area contributed by atoms with Gasteiger partial charge >= 0.3 is 6.03 Å². The molecular weight excluding hydrogens is 387 g/mol. The molecular formula is C22H23FN4OS. The van der Waals surface area contributed by atoms with Crippen molar-refractivity contribution in [2.45, 2.75) is 57.4 Å². The molecule has 1 fully saturated rings. The molecule has 1 aliphatic carbocycles. The SMILES string of the molecule is CCC1=C(c2nc(C3CCCCC3)cs2)C(c2ccc(C#N)c(F)c2)NC(=O)N1. The summed E-state index contributed by atoms with van der Waals surface area (Å²) in [6.07, 6.45) is 6.75. The number of urea groups is 1. The number of rotatable bonds is 4. The monoisotopic (exact) mass is 410 g/mol. The third-order valence-electron chi connectivity index (χ3n) is 5.73. The van der Waals surface area contributed by atoms with Crippen LogP contribution in [0.4, 0.5) is 9.18 Å². The van der Waals surface area contributed by atoms with Gasteiger partial charge in [0.2, 0.25) is 0 Å². The van der Waals surface area contributed by atoms with Crippen LogP contribution in [0, 0.1) is 17.1 Å². The summed E-state index contributed by atoms with van der Waals surface area (Å²) in [6, 6.07) is 5.50. The van der Waals surface area contributed by atoms with Gasteiger partial charge in [-0.25, -0.2) is 14.2 Å². The molecule has 0 bridgehead atoms. The predicted octanol–water partition coefficient (Wildman–Crippen LogP) is 5.38. The van der Waals surface area contributed by atoms with Gasteiger partial charge in [-0.3, -0.25) is 0 Å². The van der Waals surface area contributed by atoms with E-state index in [2.05, 4.69) is 16.0 Å². The summed E-state index contributed by atoms with van der Waals surface area (Å²) in [5.41, 5.74) is 3.39. The quantitative estimate of drug-likeness (QED) is 0.711. The third-order valence-corrected chi connectivity index (χ3v) is 6.62. The maximum atomic E-state index is 14.3. The second kappa shape index (κ2) is 8.34. The van der Waals surface area contributed by atoms with Crippen molar-refractivity contribution in [2.75, 3.05) is 0 Å². The molecule has 2 amide bonds. The summed E-state index contributed by atoms with van der Waals surface area (Å²) in [6.45, 7) is 1.98. The fourth-order valence-corrected chi connectivity index (χ4v) is 5.20. The summed E-state index contributed by atoms with van der Waals surface area (Å²) in [5, 5.41) is 17.8. The minimum absolute atomic E-state index is 0.0101. The molecule has 2 aliphatic rings. The van der Waals surface area contributed by atoms with E-state index in [0.29, 0.717) is 17.9 Å². The lowest BCUT2D eigenvalue weighted by Crippen LogP contribution is -2.43. The lowest BCUT2D eigenvalue weighted by atomic mass is 9.87. The first-order valence-electron chi connectivity index (χ1n) is 10.1. The van der Waals surface area contributed by atoms with Crippen molar-refractivity contribution < 1.29 is 9.18 Å². The minimum Gasteiger partial charge on any atom is -0.327 e. The van der Waals surface area contributed by atoms with Crippen LogP contribution in [0.25, 0.3) is 5.57 Å². The van der Waals surface area contributed by atoms with Gasteiger partial charge in [-0.15, -0.1) is 11.3 Å². The van der Waals surface area contributed by atoms with Crippen LogP contribution in [0.2, 0.25) is 0 Å². The van der Waals surface area contributed by atoms with Crippen LogP contribution in [-0.4, -0.2) is 11.0 Å². The van der Waals surface area contributed by atoms with Crippen LogP contribution in [0.1, 0.15) is 79.2 Å². The predicted molar refractivity (Wildman–Crippen MR) is 111 cm³/mol. The van der Waals surface area contributed by atoms with Gasteiger partial charge < -0.3 is 10.6 Å². The molecule has 0 radical (unpaired) electrons. The van der Waals surface area contributed by atoms with E-state index in [1.54, 1.807) is 17.4 Å². The summed E-state index contributed by atoms with van der Waals surface area (Å²) >= 11 is 1.57. The molecule has 2 heterocycles. The number of aromatic nitrogens is 1. The number of thiazole rings is 1. The molecule has 1 aromatic heterocycles. The van der Waals surface area contributed by atoms with E-state index in [-0.39, 0.29) is 11.6 Å². The van der Waals surface area contributed by atoms with Crippen molar-refractivity contribution in [1.82, 2.24) is 15.6 Å². The first-order chi connectivity index (χ1) is 14.1. The average molecular weight is 411 g/mol. The van der Waals surface area contributed by atoms with Crippen LogP contribution in [0.15, 0.2) is 29.3 Å². The third kappa shape index (κ3) is 3.90. The number of hydrogen-bond donors (Lipinski definition) is 2. The van der Waals surface area contributed by atoms with E-state index in [4.69, 9.17) is 10.2 Å². The Hall–Kier alpha value is -2.72. The number of carbonyl (C=O) groups is 1. The number of nitriles is 1. The average Bonchev–Trinajstić information content (AvgIpc) is 3.23. The number of carbonyl (C=O) groups excluding carboxylic acids is 1. The first-order valence-corrected chi connectivity index (χ1v) is 10.9. The zero-order valence-corrected chi connectivity index (χ0v) is 17.1. The van der Waals surface area contributed by atoms with E-state index in [9.17, 15) is 9.18 Å². The number of amides is 2. The Bertz CT molecular complexity index is 1000. The van der Waals surface area contributed by atoms with Crippen molar-refractivity contribution in [3.63, 3.8) is 0 Å². The van der Waals surface area contributed by atoms with Gasteiger partial charge in [0.15, 0.2) is 0 Å². The normalized spacial score (nSPS) is 20.2. The van der Waals surface area contributed by atoms with Gasteiger partial charge in [0.05, 0.1) is 17.3 Å². The van der Waals surface area contributed by atoms with Crippen molar-refractivity contribution >= 4 is 22.9 Å². The molecule has 2 N–H and O–H groups in total. The van der Waals surface area contributed by atoms with Crippen molar-refractivity contribution in [3.05, 3.63) is 56.9 Å². The van der Waals surface area contributed by atoms with Crippen molar-refractivity contribution in [2.24, 2.45) is 0 Å². The molecule has 0 saturated heterocycles. The molecule has 1 saturated carbocycles. The number of hydrogen-bond acceptors (Lipinski definition) is 4. The molecule has 29 heavy (non-hydrogen) atoms. The van der Waals surface area contributed by atoms with E-state index in [1.807, 2.05) is 13.0 Å². The number of benzene rings is 1. The highest BCUT2D eigenvalue weighted by Gasteiger charge is 2.31. The standard InChI is InChI=1S/C22H23FN4OS/c1-2-17-19(21-25-18(12-29-21)13-6-4-3-5-7-13)20(27-22(28)26-17)14-8-9-15(11-24)16(23)10-14/h8-10,12-13,20H,2-7H2,1H3,(H2,26,27,28). The summed E-state index contributed by atoms with van der Waals surface area (Å²) in [5.74, 6) is -0.0893. The van der Waals surface area contributed by atoms with Crippen LogP contribution in [0.3, 0.4) is 0 Å². The van der Waals surface area contributed by atoms with Gasteiger partial charge in [-0.1, -0.05) is 32.3 Å². The van der Waals surface area contributed by atoms with Gasteiger partial charge in [-0.2, -0.15) is 5.26 Å². The summed E-state index contributed by atoms with van der Waals surface area (Å²) < 4.78 is 14.3. The van der Waals surface area contributed by atoms with E-state index >= 15 is 0 Å². The van der Waals surface area contributed by atoms with E-state index < -0.39 is 11.9 Å². The molecule has 2 aromatic rings. The highest BCUT2D eigenvalue weighted by molar-refractivity contribution is 7.10. The first kappa shape index (κ1) is 19.6. The largest absolute Gasteiger partial charge is 0.327 e. The lowest BCUT2D eigenvalue weighted by Gasteiger charge is -2.29. The zero-order chi connectivity index (χ0) is 20.4. The van der Waals surface area contributed by atoms with Gasteiger partial charge in [0.1, 0.15) is 16.9 Å². The van der Waals surface area contributed by atoms with Gasteiger partial charge in [-0.05, 0) is 37.0 Å². The van der Waals surface area contributed by atoms with Gasteiger partial charge in [0, 0.05) is 22.6 Å². The maximum absolute atomic E-state index is 14.3. The number of halogens is 1. The molecule has 4 rings (SSSR count). The highest BCUT2D eigenvalue weighted by Crippen LogP contribution is 2.40. The molecule has 5 nitrogen and oxygen atoms in total. The molecule has 0 spiro atoms. The van der Waals surface area contributed by atoms with Crippen molar-refractivity contribution in [1.29, 1.82) is 5.26 Å². The Morgan fingerprint density at radius 2 is 2.10 bits per heavy atom. The van der Waals surface area contributed by atoms with Crippen LogP contribution >= 0.6 is 11.3 Å². The van der Waals surface area contributed by atoms with Gasteiger partial charge in [0.25, 0.3) is 0 Å². The number of nitrogens with zero attached hydrogens (tertiary/aromatic N) is 2. The molecule has 1 aromatic carbocycles. The molecule has 1 unspecified atom stereocenters. The van der Waals surface area contributed by atoms with E-state index in [0.717, 1.165) is 22.0 Å². The highest BCUT2D eigenvalue weighted by atomic mass is 32.1. The van der Waals surface area contributed by atoms with Crippen LogP contribution < -0.4 is 10.6 Å². The number of nitrogens with one attached hydrogen (secondary N) is 2.